The van der Waals surface area contributed by atoms with Crippen LogP contribution in [-0.4, -0.2) is 112 Å². The molecular weight excluding hydrogens is 355 g/mol. The summed E-state index contributed by atoms with van der Waals surface area (Å²) in [5, 5.41) is 43.5. The molecule has 0 aliphatic heterocycles. The van der Waals surface area contributed by atoms with Gasteiger partial charge in [-0.15, -0.1) is 0 Å². The number of H-pyrrole nitrogens is 4. The molecule has 0 saturated heterocycles. The average molecular weight is 371 g/mol. The van der Waals surface area contributed by atoms with Gasteiger partial charge in [0.15, 0.2) is 6.29 Å². The summed E-state index contributed by atoms with van der Waals surface area (Å²) < 4.78 is 0. The van der Waals surface area contributed by atoms with Crippen LogP contribution >= 0.6 is 0 Å². The first kappa shape index (κ1) is 23.4. The summed E-state index contributed by atoms with van der Waals surface area (Å²) in [4.78, 5) is 50.9. The van der Waals surface area contributed by atoms with Crippen LogP contribution in [0.2, 0.25) is 0 Å². The summed E-state index contributed by atoms with van der Waals surface area (Å²) in [7, 11) is 0. The second-order valence-corrected chi connectivity index (χ2v) is 4.60. The monoisotopic (exact) mass is 371 g/mol. The maximum absolute atomic E-state index is 10.9. The minimum Gasteiger partial charge on any atom is -0.394 e. The van der Waals surface area contributed by atoms with Gasteiger partial charge < -0.3 is 30.3 Å². The van der Waals surface area contributed by atoms with Crippen LogP contribution in [0.5, 0.6) is 0 Å². The van der Waals surface area contributed by atoms with Crippen molar-refractivity contribution in [1.29, 1.82) is 0 Å². The van der Waals surface area contributed by atoms with Gasteiger partial charge in [-0.3, -0.25) is 24.7 Å². The SMILES string of the molecule is O=C[C@H](O)[C@@H](O)[C@H](O)[C@H](O)CO.O=c1[nH]c(=O)c2[nH]c(=O)[nH]c2[nH]1.[Na]. The third-order valence-corrected chi connectivity index (χ3v) is 2.84. The topological polar surface area (TPSA) is 233 Å². The molecule has 0 aliphatic rings. The predicted octanol–water partition coefficient (Wildman–Crippen LogP) is -5.53. The van der Waals surface area contributed by atoms with E-state index in [4.69, 9.17) is 25.5 Å². The first-order valence-electron chi connectivity index (χ1n) is 6.44. The summed E-state index contributed by atoms with van der Waals surface area (Å²) in [6.07, 6.45) is -6.84. The Kier molecular flexibility index (Phi) is 9.76. The molecule has 4 atom stereocenters. The van der Waals surface area contributed by atoms with Crippen molar-refractivity contribution in [3.8, 4) is 0 Å². The summed E-state index contributed by atoms with van der Waals surface area (Å²) in [5.41, 5.74) is -1.65. The van der Waals surface area contributed by atoms with Gasteiger partial charge in [0.1, 0.15) is 35.6 Å². The number of aromatic nitrogens is 4. The van der Waals surface area contributed by atoms with Crippen molar-refractivity contribution in [3.05, 3.63) is 31.3 Å². The van der Waals surface area contributed by atoms with Gasteiger partial charge in [-0.1, -0.05) is 0 Å². The first-order valence-corrected chi connectivity index (χ1v) is 6.44. The Balaban J connectivity index is 0.000000443. The number of hydrogen-bond acceptors (Lipinski definition) is 9. The molecule has 13 nitrogen and oxygen atoms in total. The molecule has 0 bridgehead atoms. The number of rotatable bonds is 5. The van der Waals surface area contributed by atoms with Gasteiger partial charge in [-0.25, -0.2) is 9.59 Å². The molecule has 2 rings (SSSR count). The van der Waals surface area contributed by atoms with E-state index in [1.54, 1.807) is 0 Å². The van der Waals surface area contributed by atoms with Crippen molar-refractivity contribution in [2.45, 2.75) is 24.4 Å². The van der Waals surface area contributed by atoms with Gasteiger partial charge in [0.2, 0.25) is 0 Å². The average Bonchev–Trinajstić information content (AvgIpc) is 2.93. The van der Waals surface area contributed by atoms with Crippen LogP contribution in [0.4, 0.5) is 0 Å². The second kappa shape index (κ2) is 10.4. The summed E-state index contributed by atoms with van der Waals surface area (Å²) in [6, 6.07) is 0. The summed E-state index contributed by atoms with van der Waals surface area (Å²) >= 11 is 0. The maximum Gasteiger partial charge on any atom is 0.327 e. The number of aliphatic hydroxyl groups excluding tert-OH is 5. The molecule has 0 saturated carbocycles. The zero-order valence-electron chi connectivity index (χ0n) is 13.0. The Morgan fingerprint density at radius 2 is 1.40 bits per heavy atom. The van der Waals surface area contributed by atoms with Gasteiger partial charge in [0, 0.05) is 29.6 Å². The van der Waals surface area contributed by atoms with Crippen LogP contribution in [0.25, 0.3) is 11.2 Å². The van der Waals surface area contributed by atoms with Crippen LogP contribution in [0.1, 0.15) is 0 Å². The quantitative estimate of drug-likeness (QED) is 0.180. The molecule has 2 aromatic heterocycles. The molecule has 0 aromatic carbocycles. The maximum atomic E-state index is 10.9. The fraction of sp³-hybridized carbons (Fsp3) is 0.455. The van der Waals surface area contributed by atoms with E-state index in [1.165, 1.54) is 0 Å². The molecule has 135 valence electrons. The Bertz CT molecular complexity index is 840. The van der Waals surface area contributed by atoms with E-state index >= 15 is 0 Å². The van der Waals surface area contributed by atoms with Crippen LogP contribution in [-0.2, 0) is 4.79 Å². The largest absolute Gasteiger partial charge is 0.394 e. The minimum atomic E-state index is -1.79. The summed E-state index contributed by atoms with van der Waals surface area (Å²) in [6.45, 7) is -0.760. The predicted molar refractivity (Wildman–Crippen MR) is 83.1 cm³/mol. The standard InChI is InChI=1S/C6H12O6.C5H4N4O3.Na/c7-1-3(9)5(11)6(12)4(10)2-8;10-3-1-2(7-4(11)6-1)8-5(12)9-3;/h1,3-6,8-12H,2H2;(H4,6,7,8,9,10,11,12);/t3-,4+,5+,6+;;/m0../s1. The van der Waals surface area contributed by atoms with Gasteiger partial charge in [0.25, 0.3) is 5.56 Å². The third kappa shape index (κ3) is 6.33. The normalized spacial score (nSPS) is 15.2. The van der Waals surface area contributed by atoms with Crippen LogP contribution < -0.4 is 16.9 Å². The number of aliphatic hydroxyl groups is 5. The Labute approximate surface area is 159 Å². The summed E-state index contributed by atoms with van der Waals surface area (Å²) in [5.74, 6) is 0. The molecule has 0 fully saturated rings. The molecular formula is C11H16N4NaO9. The second-order valence-electron chi connectivity index (χ2n) is 4.60. The minimum absolute atomic E-state index is 0. The van der Waals surface area contributed by atoms with Crippen molar-refractivity contribution in [2.75, 3.05) is 6.61 Å². The van der Waals surface area contributed by atoms with E-state index in [2.05, 4.69) is 15.0 Å². The molecule has 14 heteroatoms. The van der Waals surface area contributed by atoms with Crippen molar-refractivity contribution < 1.29 is 30.3 Å². The van der Waals surface area contributed by atoms with E-state index in [-0.39, 0.29) is 47.0 Å². The fourth-order valence-corrected chi connectivity index (χ4v) is 1.58. The molecule has 0 unspecified atom stereocenters. The first-order chi connectivity index (χ1) is 11.2. The van der Waals surface area contributed by atoms with Crippen molar-refractivity contribution in [1.82, 2.24) is 19.9 Å². The fourth-order valence-electron chi connectivity index (χ4n) is 1.58. The zero-order chi connectivity index (χ0) is 18.4. The number of aldehydes is 1. The van der Waals surface area contributed by atoms with Crippen LogP contribution in [0, 0.1) is 0 Å². The number of imidazole rings is 1. The Morgan fingerprint density at radius 1 is 0.880 bits per heavy atom. The van der Waals surface area contributed by atoms with E-state index in [9.17, 15) is 19.2 Å². The molecule has 2 heterocycles. The van der Waals surface area contributed by atoms with Crippen molar-refractivity contribution in [3.63, 3.8) is 0 Å². The van der Waals surface area contributed by atoms with Gasteiger partial charge >= 0.3 is 11.4 Å². The molecule has 9 N–H and O–H groups in total. The molecule has 2 aromatic rings. The number of fused-ring (bicyclic) bond motifs is 1. The molecule has 1 radical (unpaired) electrons. The molecule has 0 aliphatic carbocycles. The van der Waals surface area contributed by atoms with E-state index in [0.29, 0.717) is 0 Å². The van der Waals surface area contributed by atoms with Gasteiger partial charge in [-0.2, -0.15) is 0 Å². The van der Waals surface area contributed by atoms with Gasteiger partial charge in [0.05, 0.1) is 6.61 Å². The third-order valence-electron chi connectivity index (χ3n) is 2.84. The van der Waals surface area contributed by atoms with E-state index < -0.39 is 48.0 Å². The smallest absolute Gasteiger partial charge is 0.327 e. The van der Waals surface area contributed by atoms with E-state index in [0.717, 1.165) is 0 Å². The van der Waals surface area contributed by atoms with Crippen molar-refractivity contribution in [2.24, 2.45) is 0 Å². The van der Waals surface area contributed by atoms with Crippen LogP contribution in [0.3, 0.4) is 0 Å². The number of hydrogen-bond donors (Lipinski definition) is 9. The van der Waals surface area contributed by atoms with E-state index in [1.807, 2.05) is 4.98 Å². The number of nitrogens with one attached hydrogen (secondary N) is 4. The van der Waals surface area contributed by atoms with Crippen molar-refractivity contribution >= 4 is 47.0 Å². The number of carbonyl (C=O) groups is 1. The Morgan fingerprint density at radius 3 is 1.88 bits per heavy atom. The van der Waals surface area contributed by atoms with Gasteiger partial charge in [-0.05, 0) is 0 Å². The number of carbonyl (C=O) groups excluding carboxylic acids is 1. The molecule has 25 heavy (non-hydrogen) atoms. The molecule has 0 spiro atoms. The molecule has 0 amide bonds. The van der Waals surface area contributed by atoms with Crippen LogP contribution in [0.15, 0.2) is 14.4 Å². The number of aromatic amines is 4. The Hall–Kier alpha value is -1.58. The zero-order valence-corrected chi connectivity index (χ0v) is 15.0.